The molecule has 0 aliphatic heterocycles. The van der Waals surface area contributed by atoms with Crippen LogP contribution in [-0.4, -0.2) is 32.7 Å². The molecule has 1 heterocycles. The monoisotopic (exact) mass is 382 g/mol. The van der Waals surface area contributed by atoms with Gasteiger partial charge in [0.1, 0.15) is 11.3 Å². The van der Waals surface area contributed by atoms with E-state index in [2.05, 4.69) is 19.4 Å². The molecule has 0 bridgehead atoms. The molecule has 0 spiro atoms. The predicted molar refractivity (Wildman–Crippen MR) is 98.2 cm³/mol. The standard InChI is InChI=1S/C17H23FN4O3S/c1-2-20-26(23,24)21-11-13-5-3-12(4-6-13)10-19-17-22-15-8-7-14(18)9-16(15)25-17/h7-10,12-13,20-21H,2-6,11H2,1H3. The Morgan fingerprint density at radius 3 is 2.81 bits per heavy atom. The van der Waals surface area contributed by atoms with Crippen LogP contribution in [0.5, 0.6) is 0 Å². The first-order valence-corrected chi connectivity index (χ1v) is 10.3. The fraction of sp³-hybridized carbons (Fsp3) is 0.529. The lowest BCUT2D eigenvalue weighted by Crippen LogP contribution is -2.39. The van der Waals surface area contributed by atoms with Crippen LogP contribution < -0.4 is 9.44 Å². The second kappa shape index (κ2) is 8.24. The number of nitrogens with zero attached hydrogens (tertiary/aromatic N) is 2. The lowest BCUT2D eigenvalue weighted by atomic mass is 9.83. The van der Waals surface area contributed by atoms with E-state index in [1.807, 2.05) is 6.21 Å². The van der Waals surface area contributed by atoms with E-state index in [1.165, 1.54) is 12.1 Å². The Balaban J connectivity index is 1.49. The molecule has 142 valence electrons. The van der Waals surface area contributed by atoms with Gasteiger partial charge in [0.05, 0.1) is 0 Å². The van der Waals surface area contributed by atoms with Crippen molar-refractivity contribution < 1.29 is 17.2 Å². The number of hydrogen-bond acceptors (Lipinski definition) is 5. The number of nitrogens with one attached hydrogen (secondary N) is 2. The Labute approximate surface area is 152 Å². The van der Waals surface area contributed by atoms with Crippen LogP contribution in [0.4, 0.5) is 10.4 Å². The number of fused-ring (bicyclic) bond motifs is 1. The van der Waals surface area contributed by atoms with Crippen LogP contribution in [-0.2, 0) is 10.2 Å². The number of aromatic nitrogens is 1. The van der Waals surface area contributed by atoms with Gasteiger partial charge in [0, 0.05) is 25.4 Å². The van der Waals surface area contributed by atoms with Crippen molar-refractivity contribution in [1.82, 2.24) is 14.4 Å². The maximum atomic E-state index is 13.2. The fourth-order valence-electron chi connectivity index (χ4n) is 3.12. The van der Waals surface area contributed by atoms with E-state index in [4.69, 9.17) is 4.42 Å². The molecule has 0 radical (unpaired) electrons. The first-order valence-electron chi connectivity index (χ1n) is 8.79. The van der Waals surface area contributed by atoms with E-state index in [0.717, 1.165) is 25.7 Å². The van der Waals surface area contributed by atoms with Gasteiger partial charge in [-0.1, -0.05) is 6.92 Å². The summed E-state index contributed by atoms with van der Waals surface area (Å²) < 4.78 is 46.8. The van der Waals surface area contributed by atoms with Crippen LogP contribution in [0, 0.1) is 17.7 Å². The van der Waals surface area contributed by atoms with Crippen LogP contribution >= 0.6 is 0 Å². The minimum absolute atomic E-state index is 0.228. The van der Waals surface area contributed by atoms with Crippen LogP contribution in [0.1, 0.15) is 32.6 Å². The summed E-state index contributed by atoms with van der Waals surface area (Å²) in [7, 11) is -3.38. The van der Waals surface area contributed by atoms with Crippen molar-refractivity contribution in [1.29, 1.82) is 0 Å². The van der Waals surface area contributed by atoms with E-state index < -0.39 is 10.2 Å². The first-order chi connectivity index (χ1) is 12.4. The molecule has 0 saturated heterocycles. The van der Waals surface area contributed by atoms with Gasteiger partial charge in [0.15, 0.2) is 5.58 Å². The number of hydrogen-bond donors (Lipinski definition) is 2. The van der Waals surface area contributed by atoms with Gasteiger partial charge in [0.2, 0.25) is 0 Å². The molecule has 1 aliphatic carbocycles. The molecule has 0 atom stereocenters. The first kappa shape index (κ1) is 18.9. The van der Waals surface area contributed by atoms with E-state index in [0.29, 0.717) is 36.0 Å². The highest BCUT2D eigenvalue weighted by atomic mass is 32.2. The highest BCUT2D eigenvalue weighted by molar-refractivity contribution is 7.87. The number of benzene rings is 1. The van der Waals surface area contributed by atoms with Crippen LogP contribution in [0.25, 0.3) is 11.1 Å². The van der Waals surface area contributed by atoms with Crippen molar-refractivity contribution >= 4 is 33.5 Å². The van der Waals surface area contributed by atoms with Gasteiger partial charge in [-0.2, -0.15) is 13.4 Å². The summed E-state index contributed by atoms with van der Waals surface area (Å²) in [4.78, 5) is 8.50. The molecule has 0 amide bonds. The van der Waals surface area contributed by atoms with Crippen LogP contribution in [0.2, 0.25) is 0 Å². The van der Waals surface area contributed by atoms with Gasteiger partial charge >= 0.3 is 6.01 Å². The molecule has 1 fully saturated rings. The zero-order valence-electron chi connectivity index (χ0n) is 14.6. The summed E-state index contributed by atoms with van der Waals surface area (Å²) in [5, 5.41) is 0. The summed E-state index contributed by atoms with van der Waals surface area (Å²) in [6.07, 6.45) is 5.58. The van der Waals surface area contributed by atoms with Gasteiger partial charge in [-0.3, -0.25) is 0 Å². The Morgan fingerprint density at radius 2 is 2.08 bits per heavy atom. The fourth-order valence-corrected chi connectivity index (χ4v) is 4.06. The normalized spacial score (nSPS) is 21.6. The largest absolute Gasteiger partial charge is 0.422 e. The molecular weight excluding hydrogens is 359 g/mol. The minimum Gasteiger partial charge on any atom is -0.422 e. The third-order valence-electron chi connectivity index (χ3n) is 4.52. The van der Waals surface area contributed by atoms with Gasteiger partial charge in [-0.15, -0.1) is 0 Å². The van der Waals surface area contributed by atoms with Crippen molar-refractivity contribution in [3.63, 3.8) is 0 Å². The van der Waals surface area contributed by atoms with Gasteiger partial charge in [-0.05, 0) is 49.7 Å². The highest BCUT2D eigenvalue weighted by Crippen LogP contribution is 2.28. The van der Waals surface area contributed by atoms with Crippen molar-refractivity contribution in [2.24, 2.45) is 16.8 Å². The summed E-state index contributed by atoms with van der Waals surface area (Å²) >= 11 is 0. The van der Waals surface area contributed by atoms with Gasteiger partial charge in [0.25, 0.3) is 10.2 Å². The molecule has 1 aromatic heterocycles. The third-order valence-corrected chi connectivity index (χ3v) is 5.74. The Hall–Kier alpha value is -1.84. The van der Waals surface area contributed by atoms with E-state index in [1.54, 1.807) is 13.0 Å². The average molecular weight is 382 g/mol. The number of oxazole rings is 1. The Bertz CT molecular complexity index is 873. The van der Waals surface area contributed by atoms with Crippen molar-refractivity contribution in [2.45, 2.75) is 32.6 Å². The molecule has 1 saturated carbocycles. The van der Waals surface area contributed by atoms with Crippen molar-refractivity contribution in [3.8, 4) is 0 Å². The molecule has 1 aliphatic rings. The third kappa shape index (κ3) is 5.09. The van der Waals surface area contributed by atoms with Crippen molar-refractivity contribution in [3.05, 3.63) is 24.0 Å². The summed E-state index contributed by atoms with van der Waals surface area (Å²) in [5.41, 5.74) is 0.962. The van der Waals surface area contributed by atoms with E-state index >= 15 is 0 Å². The van der Waals surface area contributed by atoms with Gasteiger partial charge < -0.3 is 4.42 Å². The topological polar surface area (TPSA) is 96.6 Å². The molecular formula is C17H23FN4O3S. The summed E-state index contributed by atoms with van der Waals surface area (Å²) in [6, 6.07) is 4.42. The molecule has 9 heteroatoms. The van der Waals surface area contributed by atoms with Crippen LogP contribution in [0.3, 0.4) is 0 Å². The summed E-state index contributed by atoms with van der Waals surface area (Å²) in [5.74, 6) is 0.274. The lowest BCUT2D eigenvalue weighted by molar-refractivity contribution is 0.324. The smallest absolute Gasteiger partial charge is 0.322 e. The Morgan fingerprint density at radius 1 is 1.31 bits per heavy atom. The molecule has 2 N–H and O–H groups in total. The zero-order chi connectivity index (χ0) is 18.6. The number of halogens is 1. The summed E-state index contributed by atoms with van der Waals surface area (Å²) in [6.45, 7) is 2.58. The van der Waals surface area contributed by atoms with Crippen molar-refractivity contribution in [2.75, 3.05) is 13.1 Å². The molecule has 1 aromatic carbocycles. The van der Waals surface area contributed by atoms with E-state index in [9.17, 15) is 12.8 Å². The number of rotatable bonds is 7. The molecule has 3 rings (SSSR count). The zero-order valence-corrected chi connectivity index (χ0v) is 15.4. The van der Waals surface area contributed by atoms with Gasteiger partial charge in [-0.25, -0.2) is 18.8 Å². The maximum absolute atomic E-state index is 13.2. The second-order valence-corrected chi connectivity index (χ2v) is 8.10. The average Bonchev–Trinajstić information content (AvgIpc) is 3.01. The van der Waals surface area contributed by atoms with E-state index in [-0.39, 0.29) is 11.8 Å². The number of aliphatic imine (C=N–C) groups is 1. The minimum atomic E-state index is -3.38. The predicted octanol–water partition coefficient (Wildman–Crippen LogP) is 2.92. The highest BCUT2D eigenvalue weighted by Gasteiger charge is 2.21. The molecule has 7 nitrogen and oxygen atoms in total. The molecule has 0 unspecified atom stereocenters. The molecule has 2 aromatic rings. The quantitative estimate of drug-likeness (QED) is 0.720. The SMILES string of the molecule is CCNS(=O)(=O)NCC1CCC(C=Nc2nc3ccc(F)cc3o2)CC1. The lowest BCUT2D eigenvalue weighted by Gasteiger charge is -2.26. The maximum Gasteiger partial charge on any atom is 0.322 e. The second-order valence-electron chi connectivity index (χ2n) is 6.52. The molecule has 26 heavy (non-hydrogen) atoms. The van der Waals surface area contributed by atoms with Crippen LogP contribution in [0.15, 0.2) is 27.6 Å². The Kier molecular flexibility index (Phi) is 6.00.